The fourth-order valence-electron chi connectivity index (χ4n) is 1.56. The molecule has 0 radical (unpaired) electrons. The van der Waals surface area contributed by atoms with Crippen LogP contribution in [0.15, 0.2) is 36.4 Å². The minimum absolute atomic E-state index is 0.0330. The van der Waals surface area contributed by atoms with E-state index in [1.807, 2.05) is 45.0 Å². The number of hydrogen-bond acceptors (Lipinski definition) is 2. The maximum Gasteiger partial charge on any atom is 0.119 e. The van der Waals surface area contributed by atoms with Crippen molar-refractivity contribution < 1.29 is 4.74 Å². The van der Waals surface area contributed by atoms with Gasteiger partial charge in [-0.15, -0.1) is 6.58 Å². The van der Waals surface area contributed by atoms with Gasteiger partial charge < -0.3 is 10.5 Å². The van der Waals surface area contributed by atoms with Gasteiger partial charge in [-0.25, -0.2) is 0 Å². The van der Waals surface area contributed by atoms with Gasteiger partial charge in [0.15, 0.2) is 0 Å². The molecule has 0 aliphatic heterocycles. The van der Waals surface area contributed by atoms with Crippen molar-refractivity contribution >= 4 is 0 Å². The molecule has 1 aromatic rings. The van der Waals surface area contributed by atoms with Crippen LogP contribution in [0.25, 0.3) is 0 Å². The molecule has 0 saturated carbocycles. The molecule has 0 spiro atoms. The average molecular weight is 219 g/mol. The molecule has 0 bridgehead atoms. The Morgan fingerprint density at radius 3 is 2.31 bits per heavy atom. The highest BCUT2D eigenvalue weighted by molar-refractivity contribution is 5.29. The van der Waals surface area contributed by atoms with E-state index in [2.05, 4.69) is 6.58 Å². The Labute approximate surface area is 98.1 Å². The van der Waals surface area contributed by atoms with E-state index < -0.39 is 0 Å². The molecule has 0 saturated heterocycles. The molecule has 16 heavy (non-hydrogen) atoms. The molecule has 0 fully saturated rings. The van der Waals surface area contributed by atoms with Gasteiger partial charge in [-0.2, -0.15) is 0 Å². The zero-order valence-corrected chi connectivity index (χ0v) is 10.4. The summed E-state index contributed by atoms with van der Waals surface area (Å²) in [5.74, 6) is 0.890. The maximum absolute atomic E-state index is 6.05. The summed E-state index contributed by atoms with van der Waals surface area (Å²) >= 11 is 0. The topological polar surface area (TPSA) is 35.2 Å². The summed E-state index contributed by atoms with van der Waals surface area (Å²) in [5, 5.41) is 0. The van der Waals surface area contributed by atoms with Crippen molar-refractivity contribution in [2.75, 3.05) is 0 Å². The van der Waals surface area contributed by atoms with Crippen LogP contribution in [0, 0.1) is 0 Å². The minimum Gasteiger partial charge on any atom is -0.491 e. The molecule has 0 aliphatic carbocycles. The number of hydrogen-bond donors (Lipinski definition) is 1. The van der Waals surface area contributed by atoms with E-state index in [4.69, 9.17) is 10.5 Å². The Kier molecular flexibility index (Phi) is 4.56. The van der Waals surface area contributed by atoms with Crippen molar-refractivity contribution in [2.24, 2.45) is 5.73 Å². The van der Waals surface area contributed by atoms with E-state index in [-0.39, 0.29) is 12.1 Å². The Morgan fingerprint density at radius 1 is 1.31 bits per heavy atom. The molecule has 1 aromatic carbocycles. The molecular weight excluding hydrogens is 198 g/mol. The second-order valence-corrected chi connectivity index (χ2v) is 4.50. The fraction of sp³-hybridized carbons (Fsp3) is 0.429. The predicted octanol–water partition coefficient (Wildman–Crippen LogP) is 3.44. The van der Waals surface area contributed by atoms with Crippen LogP contribution in [-0.2, 0) is 0 Å². The summed E-state index contributed by atoms with van der Waals surface area (Å²) in [6.07, 6.45) is 1.03. The van der Waals surface area contributed by atoms with Gasteiger partial charge in [-0.05, 0) is 44.9 Å². The highest BCUT2D eigenvalue weighted by Gasteiger charge is 2.06. The van der Waals surface area contributed by atoms with Gasteiger partial charge in [-0.3, -0.25) is 0 Å². The molecule has 1 atom stereocenters. The lowest BCUT2D eigenvalue weighted by atomic mass is 10.0. The highest BCUT2D eigenvalue weighted by Crippen LogP contribution is 2.21. The van der Waals surface area contributed by atoms with E-state index in [1.165, 1.54) is 0 Å². The molecular formula is C14H21NO. The molecule has 1 rings (SSSR count). The monoisotopic (exact) mass is 219 g/mol. The number of ether oxygens (including phenoxy) is 1. The largest absolute Gasteiger partial charge is 0.491 e. The fourth-order valence-corrected chi connectivity index (χ4v) is 1.56. The lowest BCUT2D eigenvalue weighted by Gasteiger charge is -2.14. The normalized spacial score (nSPS) is 12.6. The van der Waals surface area contributed by atoms with E-state index in [0.717, 1.165) is 23.3 Å². The lowest BCUT2D eigenvalue weighted by Crippen LogP contribution is -2.10. The van der Waals surface area contributed by atoms with E-state index in [9.17, 15) is 0 Å². The first kappa shape index (κ1) is 12.8. The van der Waals surface area contributed by atoms with Crippen LogP contribution < -0.4 is 10.5 Å². The summed E-state index contributed by atoms with van der Waals surface area (Å²) in [6.45, 7) is 9.90. The smallest absolute Gasteiger partial charge is 0.119 e. The van der Waals surface area contributed by atoms with Crippen LogP contribution >= 0.6 is 0 Å². The molecule has 2 heteroatoms. The molecule has 0 heterocycles. The van der Waals surface area contributed by atoms with Crippen LogP contribution in [0.4, 0.5) is 0 Å². The molecule has 0 aromatic heterocycles. The molecule has 88 valence electrons. The Bertz CT molecular complexity index is 340. The second-order valence-electron chi connectivity index (χ2n) is 4.50. The number of rotatable bonds is 5. The molecule has 0 amide bonds. The third-order valence-corrected chi connectivity index (χ3v) is 2.25. The summed E-state index contributed by atoms with van der Waals surface area (Å²) in [6, 6.07) is 8.00. The van der Waals surface area contributed by atoms with Crippen LogP contribution in [0.5, 0.6) is 5.75 Å². The standard InChI is InChI=1S/C14H21NO/c1-10(2)9-14(15)12-5-7-13(8-6-12)16-11(3)4/h5-8,11,14H,1,9,15H2,2-4H3. The third-order valence-electron chi connectivity index (χ3n) is 2.25. The first-order chi connectivity index (χ1) is 7.49. The van der Waals surface area contributed by atoms with Gasteiger partial charge in [0, 0.05) is 6.04 Å². The Morgan fingerprint density at radius 2 is 1.88 bits per heavy atom. The zero-order valence-electron chi connectivity index (χ0n) is 10.4. The summed E-state index contributed by atoms with van der Waals surface area (Å²) in [7, 11) is 0. The SMILES string of the molecule is C=C(C)CC(N)c1ccc(OC(C)C)cc1. The quantitative estimate of drug-likeness (QED) is 0.770. The summed E-state index contributed by atoms with van der Waals surface area (Å²) in [5.41, 5.74) is 8.28. The van der Waals surface area contributed by atoms with Crippen molar-refractivity contribution in [3.63, 3.8) is 0 Å². The summed E-state index contributed by atoms with van der Waals surface area (Å²) in [4.78, 5) is 0. The lowest BCUT2D eigenvalue weighted by molar-refractivity contribution is 0.242. The first-order valence-corrected chi connectivity index (χ1v) is 5.65. The van der Waals surface area contributed by atoms with Crippen molar-refractivity contribution in [1.29, 1.82) is 0 Å². The molecule has 2 N–H and O–H groups in total. The third kappa shape index (κ3) is 4.07. The molecule has 1 unspecified atom stereocenters. The van der Waals surface area contributed by atoms with Crippen molar-refractivity contribution in [3.05, 3.63) is 42.0 Å². The van der Waals surface area contributed by atoms with E-state index >= 15 is 0 Å². The summed E-state index contributed by atoms with van der Waals surface area (Å²) < 4.78 is 5.57. The van der Waals surface area contributed by atoms with Gasteiger partial charge in [0.1, 0.15) is 5.75 Å². The molecule has 2 nitrogen and oxygen atoms in total. The Hall–Kier alpha value is -1.28. The van der Waals surface area contributed by atoms with Gasteiger partial charge in [0.25, 0.3) is 0 Å². The van der Waals surface area contributed by atoms with Gasteiger partial charge in [-0.1, -0.05) is 17.7 Å². The predicted molar refractivity (Wildman–Crippen MR) is 68.6 cm³/mol. The Balaban J connectivity index is 2.66. The zero-order chi connectivity index (χ0) is 12.1. The van der Waals surface area contributed by atoms with E-state index in [0.29, 0.717) is 0 Å². The minimum atomic E-state index is 0.0330. The van der Waals surface area contributed by atoms with Crippen LogP contribution in [0.3, 0.4) is 0 Å². The van der Waals surface area contributed by atoms with Crippen molar-refractivity contribution in [2.45, 2.75) is 39.3 Å². The average Bonchev–Trinajstić information content (AvgIpc) is 2.16. The van der Waals surface area contributed by atoms with Gasteiger partial charge in [0.2, 0.25) is 0 Å². The van der Waals surface area contributed by atoms with Crippen LogP contribution in [-0.4, -0.2) is 6.10 Å². The van der Waals surface area contributed by atoms with E-state index in [1.54, 1.807) is 0 Å². The number of benzene rings is 1. The number of nitrogens with two attached hydrogens (primary N) is 1. The molecule has 0 aliphatic rings. The second kappa shape index (κ2) is 5.71. The first-order valence-electron chi connectivity index (χ1n) is 5.65. The highest BCUT2D eigenvalue weighted by atomic mass is 16.5. The van der Waals surface area contributed by atoms with Crippen LogP contribution in [0.2, 0.25) is 0 Å². The van der Waals surface area contributed by atoms with Gasteiger partial charge in [0.05, 0.1) is 6.10 Å². The van der Waals surface area contributed by atoms with Crippen LogP contribution in [0.1, 0.15) is 38.8 Å². The van der Waals surface area contributed by atoms with Crippen molar-refractivity contribution in [1.82, 2.24) is 0 Å². The van der Waals surface area contributed by atoms with Gasteiger partial charge >= 0.3 is 0 Å². The van der Waals surface area contributed by atoms with Crippen molar-refractivity contribution in [3.8, 4) is 5.75 Å². The maximum atomic E-state index is 6.05.